The third kappa shape index (κ3) is 5.30. The smallest absolute Gasteiger partial charge is 0.223 e. The first-order valence-electron chi connectivity index (χ1n) is 8.80. The first kappa shape index (κ1) is 20.4. The molecule has 25 heavy (non-hydrogen) atoms. The summed E-state index contributed by atoms with van der Waals surface area (Å²) in [6.45, 7) is 5.08. The first-order chi connectivity index (χ1) is 11.6. The van der Waals surface area contributed by atoms with Crippen LogP contribution in [0.15, 0.2) is 18.2 Å². The average Bonchev–Trinajstić information content (AvgIpc) is 3.04. The van der Waals surface area contributed by atoms with E-state index in [4.69, 9.17) is 11.6 Å². The van der Waals surface area contributed by atoms with Gasteiger partial charge in [-0.3, -0.25) is 9.69 Å². The van der Waals surface area contributed by atoms with Gasteiger partial charge in [-0.15, -0.1) is 12.4 Å². The van der Waals surface area contributed by atoms with E-state index in [0.29, 0.717) is 23.4 Å². The Morgan fingerprint density at radius 3 is 2.76 bits per heavy atom. The number of amides is 1. The lowest BCUT2D eigenvalue weighted by Crippen LogP contribution is -2.47. The molecular formula is C18H26Cl2FN3O. The number of hydrogen-bond acceptors (Lipinski definition) is 3. The van der Waals surface area contributed by atoms with Gasteiger partial charge in [-0.05, 0) is 37.9 Å². The highest BCUT2D eigenvalue weighted by atomic mass is 35.5. The topological polar surface area (TPSA) is 35.6 Å². The molecule has 0 saturated carbocycles. The van der Waals surface area contributed by atoms with Crippen LogP contribution in [0.5, 0.6) is 0 Å². The van der Waals surface area contributed by atoms with Gasteiger partial charge in [0, 0.05) is 55.8 Å². The van der Waals surface area contributed by atoms with Crippen LogP contribution in [0.25, 0.3) is 0 Å². The lowest BCUT2D eigenvalue weighted by Gasteiger charge is -2.29. The summed E-state index contributed by atoms with van der Waals surface area (Å²) in [7, 11) is 0. The minimum atomic E-state index is -0.230. The van der Waals surface area contributed by atoms with E-state index in [1.54, 1.807) is 12.1 Å². The Labute approximate surface area is 160 Å². The molecule has 2 fully saturated rings. The van der Waals surface area contributed by atoms with Gasteiger partial charge < -0.3 is 10.2 Å². The Hall–Kier alpha value is -0.880. The highest BCUT2D eigenvalue weighted by Gasteiger charge is 2.27. The molecule has 2 heterocycles. The molecule has 1 aromatic rings. The Kier molecular flexibility index (Phi) is 7.94. The van der Waals surface area contributed by atoms with E-state index in [9.17, 15) is 9.18 Å². The summed E-state index contributed by atoms with van der Waals surface area (Å²) >= 11 is 6.16. The molecule has 140 valence electrons. The molecule has 0 aliphatic carbocycles. The van der Waals surface area contributed by atoms with Crippen molar-refractivity contribution in [2.75, 3.05) is 39.3 Å². The maximum atomic E-state index is 14.0. The van der Waals surface area contributed by atoms with E-state index < -0.39 is 0 Å². The number of hydrogen-bond donors (Lipinski definition) is 1. The zero-order valence-electron chi connectivity index (χ0n) is 14.3. The van der Waals surface area contributed by atoms with Gasteiger partial charge in [-0.25, -0.2) is 4.39 Å². The number of piperazine rings is 1. The van der Waals surface area contributed by atoms with Crippen molar-refractivity contribution in [3.05, 3.63) is 34.6 Å². The van der Waals surface area contributed by atoms with Crippen LogP contribution in [-0.4, -0.2) is 61.0 Å². The van der Waals surface area contributed by atoms with Gasteiger partial charge in [0.15, 0.2) is 0 Å². The first-order valence-corrected chi connectivity index (χ1v) is 9.18. The monoisotopic (exact) mass is 389 g/mol. The van der Waals surface area contributed by atoms with Crippen molar-refractivity contribution < 1.29 is 9.18 Å². The van der Waals surface area contributed by atoms with Crippen LogP contribution in [0.4, 0.5) is 4.39 Å². The standard InChI is InChI=1S/C18H25ClFN3O.ClH/c19-16-4-1-5-17(20)15(16)13-14-3-2-9-22(14)10-6-18(24)23-11-7-21-8-12-23;/h1,4-5,14,21H,2-3,6-13H2;1H. The molecule has 3 rings (SSSR count). The minimum absolute atomic E-state index is 0. The Balaban J connectivity index is 0.00000225. The number of carbonyl (C=O) groups is 1. The summed E-state index contributed by atoms with van der Waals surface area (Å²) in [5.74, 6) is -0.00248. The Morgan fingerprint density at radius 2 is 2.04 bits per heavy atom. The van der Waals surface area contributed by atoms with Crippen molar-refractivity contribution in [1.29, 1.82) is 0 Å². The van der Waals surface area contributed by atoms with Gasteiger partial charge in [-0.2, -0.15) is 0 Å². The normalized spacial score (nSPS) is 21.2. The predicted octanol–water partition coefficient (Wildman–Crippen LogP) is 2.73. The molecule has 1 unspecified atom stereocenters. The summed E-state index contributed by atoms with van der Waals surface area (Å²) in [4.78, 5) is 16.6. The van der Waals surface area contributed by atoms with E-state index in [1.807, 2.05) is 4.90 Å². The fraction of sp³-hybridized carbons (Fsp3) is 0.611. The highest BCUT2D eigenvalue weighted by molar-refractivity contribution is 6.31. The van der Waals surface area contributed by atoms with Crippen LogP contribution in [0, 0.1) is 5.82 Å². The molecule has 2 aliphatic rings. The molecule has 4 nitrogen and oxygen atoms in total. The molecule has 1 atom stereocenters. The van der Waals surface area contributed by atoms with Crippen molar-refractivity contribution in [2.45, 2.75) is 31.7 Å². The maximum absolute atomic E-state index is 14.0. The van der Waals surface area contributed by atoms with E-state index in [2.05, 4.69) is 10.2 Å². The molecule has 0 radical (unpaired) electrons. The van der Waals surface area contributed by atoms with E-state index >= 15 is 0 Å². The van der Waals surface area contributed by atoms with Crippen molar-refractivity contribution in [3.63, 3.8) is 0 Å². The van der Waals surface area contributed by atoms with Gasteiger partial charge in [0.05, 0.1) is 0 Å². The van der Waals surface area contributed by atoms with Crippen molar-refractivity contribution in [1.82, 2.24) is 15.1 Å². The number of nitrogens with one attached hydrogen (secondary N) is 1. The average molecular weight is 390 g/mol. The predicted molar refractivity (Wildman–Crippen MR) is 101 cm³/mol. The van der Waals surface area contributed by atoms with Crippen LogP contribution >= 0.6 is 24.0 Å². The fourth-order valence-corrected chi connectivity index (χ4v) is 3.94. The van der Waals surface area contributed by atoms with E-state index in [0.717, 1.165) is 52.1 Å². The summed E-state index contributed by atoms with van der Waals surface area (Å²) < 4.78 is 14.0. The Bertz CT molecular complexity index is 561. The molecular weight excluding hydrogens is 364 g/mol. The molecule has 0 spiro atoms. The van der Waals surface area contributed by atoms with Crippen LogP contribution in [0.2, 0.25) is 5.02 Å². The van der Waals surface area contributed by atoms with Gasteiger partial charge in [-0.1, -0.05) is 17.7 Å². The SMILES string of the molecule is Cl.O=C(CCN1CCCC1Cc1c(F)cccc1Cl)N1CCNCC1. The number of likely N-dealkylation sites (tertiary alicyclic amines) is 1. The van der Waals surface area contributed by atoms with Crippen molar-refractivity contribution in [2.24, 2.45) is 0 Å². The van der Waals surface area contributed by atoms with Crippen molar-refractivity contribution >= 4 is 29.9 Å². The lowest BCUT2D eigenvalue weighted by atomic mass is 10.0. The molecule has 0 aromatic heterocycles. The number of carbonyl (C=O) groups excluding carboxylic acids is 1. The van der Waals surface area contributed by atoms with Gasteiger partial charge in [0.25, 0.3) is 0 Å². The van der Waals surface area contributed by atoms with Crippen LogP contribution in [-0.2, 0) is 11.2 Å². The van der Waals surface area contributed by atoms with E-state index in [1.165, 1.54) is 6.07 Å². The fourth-order valence-electron chi connectivity index (χ4n) is 3.70. The lowest BCUT2D eigenvalue weighted by molar-refractivity contribution is -0.132. The molecule has 2 saturated heterocycles. The van der Waals surface area contributed by atoms with Crippen molar-refractivity contribution in [3.8, 4) is 0 Å². The van der Waals surface area contributed by atoms with Gasteiger partial charge >= 0.3 is 0 Å². The zero-order valence-corrected chi connectivity index (χ0v) is 15.9. The van der Waals surface area contributed by atoms with Crippen LogP contribution < -0.4 is 5.32 Å². The quantitative estimate of drug-likeness (QED) is 0.840. The molecule has 0 bridgehead atoms. The molecule has 1 amide bonds. The second-order valence-electron chi connectivity index (χ2n) is 6.62. The summed E-state index contributed by atoms with van der Waals surface area (Å²) in [5.41, 5.74) is 0.601. The molecule has 2 aliphatic heterocycles. The summed E-state index contributed by atoms with van der Waals surface area (Å²) in [6.07, 6.45) is 3.29. The maximum Gasteiger partial charge on any atom is 0.223 e. The second kappa shape index (κ2) is 9.72. The number of halogens is 3. The van der Waals surface area contributed by atoms with Crippen LogP contribution in [0.1, 0.15) is 24.8 Å². The molecule has 7 heteroatoms. The van der Waals surface area contributed by atoms with Gasteiger partial charge in [0.2, 0.25) is 5.91 Å². The zero-order chi connectivity index (χ0) is 16.9. The highest BCUT2D eigenvalue weighted by Crippen LogP contribution is 2.26. The molecule has 1 N–H and O–H groups in total. The van der Waals surface area contributed by atoms with Crippen LogP contribution in [0.3, 0.4) is 0 Å². The summed E-state index contributed by atoms with van der Waals surface area (Å²) in [6, 6.07) is 5.12. The summed E-state index contributed by atoms with van der Waals surface area (Å²) in [5, 5.41) is 3.76. The number of nitrogens with zero attached hydrogens (tertiary/aromatic N) is 2. The Morgan fingerprint density at radius 1 is 1.28 bits per heavy atom. The minimum Gasteiger partial charge on any atom is -0.340 e. The number of benzene rings is 1. The second-order valence-corrected chi connectivity index (χ2v) is 7.02. The third-order valence-electron chi connectivity index (χ3n) is 5.08. The van der Waals surface area contributed by atoms with E-state index in [-0.39, 0.29) is 30.2 Å². The largest absolute Gasteiger partial charge is 0.340 e. The third-order valence-corrected chi connectivity index (χ3v) is 5.44. The number of rotatable bonds is 5. The molecule has 1 aromatic carbocycles. The van der Waals surface area contributed by atoms with Gasteiger partial charge in [0.1, 0.15) is 5.82 Å².